The maximum atomic E-state index is 12.7. The van der Waals surface area contributed by atoms with E-state index in [9.17, 15) is 26.4 Å². The number of hydrogen-bond acceptors (Lipinski definition) is 4. The van der Waals surface area contributed by atoms with E-state index >= 15 is 0 Å². The molecule has 1 heterocycles. The van der Waals surface area contributed by atoms with Crippen LogP contribution in [0.25, 0.3) is 0 Å². The van der Waals surface area contributed by atoms with E-state index in [1.54, 1.807) is 13.8 Å². The Balaban J connectivity index is 0.00000784. The maximum Gasteiger partial charge on any atom is 0.511 e. The second-order valence-corrected chi connectivity index (χ2v) is 9.14. The smallest absolute Gasteiger partial charge is 0.357 e. The van der Waals surface area contributed by atoms with Crippen LogP contribution in [0, 0.1) is 5.41 Å². The summed E-state index contributed by atoms with van der Waals surface area (Å²) in [4.78, 5) is 16.5. The van der Waals surface area contributed by atoms with Gasteiger partial charge in [-0.3, -0.25) is 9.79 Å². The molecule has 3 N–H and O–H groups in total. The third-order valence-electron chi connectivity index (χ3n) is 4.36. The van der Waals surface area contributed by atoms with E-state index in [-0.39, 0.29) is 68.4 Å². The summed E-state index contributed by atoms with van der Waals surface area (Å²) in [6, 6.07) is -0.218. The SMILES string of the molecule is CCNC(=O)C(C)(C)CN=C(NCC)NC1CCN(S(=O)(=O)C(F)(F)F)CC1.I. The number of halogens is 4. The highest BCUT2D eigenvalue weighted by molar-refractivity contribution is 14.0. The van der Waals surface area contributed by atoms with Crippen LogP contribution in [0.1, 0.15) is 40.5 Å². The summed E-state index contributed by atoms with van der Waals surface area (Å²) in [5.41, 5.74) is -6.00. The zero-order valence-electron chi connectivity index (χ0n) is 17.1. The van der Waals surface area contributed by atoms with Crippen LogP contribution < -0.4 is 16.0 Å². The lowest BCUT2D eigenvalue weighted by Gasteiger charge is -2.32. The van der Waals surface area contributed by atoms with E-state index in [1.165, 1.54) is 0 Å². The average molecular weight is 557 g/mol. The average Bonchev–Trinajstić information content (AvgIpc) is 2.59. The topological polar surface area (TPSA) is 103 Å². The fraction of sp³-hybridized carbons (Fsp3) is 0.875. The zero-order valence-corrected chi connectivity index (χ0v) is 20.2. The van der Waals surface area contributed by atoms with Gasteiger partial charge in [0.1, 0.15) is 0 Å². The number of nitrogens with one attached hydrogen (secondary N) is 3. The Morgan fingerprint density at radius 3 is 2.07 bits per heavy atom. The molecule has 1 aliphatic heterocycles. The maximum absolute atomic E-state index is 12.7. The summed E-state index contributed by atoms with van der Waals surface area (Å²) in [6.07, 6.45) is 0.443. The third-order valence-corrected chi connectivity index (χ3v) is 5.99. The number of amides is 1. The summed E-state index contributed by atoms with van der Waals surface area (Å²) >= 11 is 0. The van der Waals surface area contributed by atoms with Crippen molar-refractivity contribution < 1.29 is 26.4 Å². The van der Waals surface area contributed by atoms with Gasteiger partial charge in [0.2, 0.25) is 5.91 Å². The van der Waals surface area contributed by atoms with Crippen molar-refractivity contribution in [3.63, 3.8) is 0 Å². The molecule has 0 saturated carbocycles. The van der Waals surface area contributed by atoms with Gasteiger partial charge >= 0.3 is 15.5 Å². The highest BCUT2D eigenvalue weighted by atomic mass is 127. The first-order valence-corrected chi connectivity index (χ1v) is 10.7. The quantitative estimate of drug-likeness (QED) is 0.251. The van der Waals surface area contributed by atoms with E-state index < -0.39 is 20.9 Å². The Labute approximate surface area is 187 Å². The first-order valence-electron chi connectivity index (χ1n) is 9.24. The van der Waals surface area contributed by atoms with Gasteiger partial charge in [0, 0.05) is 32.2 Å². The third kappa shape index (κ3) is 8.07. The van der Waals surface area contributed by atoms with Crippen molar-refractivity contribution in [1.82, 2.24) is 20.3 Å². The van der Waals surface area contributed by atoms with Gasteiger partial charge < -0.3 is 16.0 Å². The van der Waals surface area contributed by atoms with Gasteiger partial charge in [-0.2, -0.15) is 17.5 Å². The second kappa shape index (κ2) is 11.5. The molecule has 0 aromatic heterocycles. The summed E-state index contributed by atoms with van der Waals surface area (Å²) < 4.78 is 61.4. The van der Waals surface area contributed by atoms with Crippen molar-refractivity contribution in [2.75, 3.05) is 32.7 Å². The van der Waals surface area contributed by atoms with Crippen LogP contribution in [0.4, 0.5) is 13.2 Å². The van der Waals surface area contributed by atoms with Gasteiger partial charge in [0.05, 0.1) is 12.0 Å². The Kier molecular flexibility index (Phi) is 11.2. The molecule has 1 fully saturated rings. The summed E-state index contributed by atoms with van der Waals surface area (Å²) in [6.45, 7) is 8.09. The number of nitrogens with zero attached hydrogens (tertiary/aromatic N) is 2. The Morgan fingerprint density at radius 1 is 1.10 bits per heavy atom. The molecule has 0 aliphatic carbocycles. The first kappa shape index (κ1) is 28.2. The lowest BCUT2D eigenvalue weighted by atomic mass is 9.92. The Bertz CT molecular complexity index is 663. The molecule has 172 valence electrons. The molecule has 1 aliphatic rings. The molecular weight excluding hydrogens is 526 g/mol. The fourth-order valence-corrected chi connectivity index (χ4v) is 3.63. The molecule has 1 amide bonds. The number of carbonyl (C=O) groups excluding carboxylic acids is 1. The number of alkyl halides is 3. The number of aliphatic imine (C=N–C) groups is 1. The largest absolute Gasteiger partial charge is 0.511 e. The van der Waals surface area contributed by atoms with E-state index in [1.807, 2.05) is 13.8 Å². The van der Waals surface area contributed by atoms with Crippen molar-refractivity contribution in [3.8, 4) is 0 Å². The van der Waals surface area contributed by atoms with Crippen molar-refractivity contribution in [2.45, 2.75) is 52.1 Å². The molecule has 1 rings (SSSR count). The van der Waals surface area contributed by atoms with E-state index in [2.05, 4.69) is 20.9 Å². The Morgan fingerprint density at radius 2 is 1.62 bits per heavy atom. The van der Waals surface area contributed by atoms with Crippen LogP contribution in [0.15, 0.2) is 4.99 Å². The Hall–Kier alpha value is -0.830. The van der Waals surface area contributed by atoms with Gasteiger partial charge in [-0.05, 0) is 40.5 Å². The normalized spacial score (nSPS) is 17.4. The van der Waals surface area contributed by atoms with Crippen LogP contribution in [0.2, 0.25) is 0 Å². The monoisotopic (exact) mass is 557 g/mol. The second-order valence-electron chi connectivity index (χ2n) is 7.21. The van der Waals surface area contributed by atoms with E-state index in [0.717, 1.165) is 0 Å². The highest BCUT2D eigenvalue weighted by Crippen LogP contribution is 2.29. The van der Waals surface area contributed by atoms with Crippen LogP contribution in [-0.4, -0.2) is 68.9 Å². The van der Waals surface area contributed by atoms with Crippen LogP contribution >= 0.6 is 24.0 Å². The van der Waals surface area contributed by atoms with Crippen LogP contribution in [0.3, 0.4) is 0 Å². The number of carbonyl (C=O) groups is 1. The van der Waals surface area contributed by atoms with Crippen molar-refractivity contribution >= 4 is 45.9 Å². The van der Waals surface area contributed by atoms with Gasteiger partial charge in [-0.25, -0.2) is 8.42 Å². The fourth-order valence-electron chi connectivity index (χ4n) is 2.65. The summed E-state index contributed by atoms with van der Waals surface area (Å²) in [7, 11) is -5.29. The zero-order chi connectivity index (χ0) is 21.6. The summed E-state index contributed by atoms with van der Waals surface area (Å²) in [5.74, 6) is 0.317. The predicted molar refractivity (Wildman–Crippen MR) is 117 cm³/mol. The van der Waals surface area contributed by atoms with Gasteiger partial charge in [0.25, 0.3) is 0 Å². The predicted octanol–water partition coefficient (Wildman–Crippen LogP) is 1.64. The molecule has 0 atom stereocenters. The first-order chi connectivity index (χ1) is 12.8. The highest BCUT2D eigenvalue weighted by Gasteiger charge is 2.50. The van der Waals surface area contributed by atoms with E-state index in [4.69, 9.17) is 0 Å². The van der Waals surface area contributed by atoms with E-state index in [0.29, 0.717) is 23.4 Å². The van der Waals surface area contributed by atoms with Crippen molar-refractivity contribution in [3.05, 3.63) is 0 Å². The van der Waals surface area contributed by atoms with Gasteiger partial charge in [0.15, 0.2) is 5.96 Å². The molecule has 0 aromatic rings. The lowest BCUT2D eigenvalue weighted by molar-refractivity contribution is -0.128. The van der Waals surface area contributed by atoms with Crippen molar-refractivity contribution in [2.24, 2.45) is 10.4 Å². The van der Waals surface area contributed by atoms with Crippen LogP contribution in [0.5, 0.6) is 0 Å². The molecule has 0 bridgehead atoms. The molecule has 0 radical (unpaired) electrons. The van der Waals surface area contributed by atoms with Gasteiger partial charge in [-0.15, -0.1) is 24.0 Å². The summed E-state index contributed by atoms with van der Waals surface area (Å²) in [5, 5.41) is 8.90. The standard InChI is InChI=1S/C16H30F3N5O3S.HI/c1-5-20-13(25)15(3,4)11-22-14(21-6-2)23-12-7-9-24(10-8-12)28(26,27)16(17,18)19;/h12H,5-11H2,1-4H3,(H,20,25)(H2,21,22,23);1H. The minimum atomic E-state index is -5.29. The number of piperidine rings is 1. The number of rotatable bonds is 7. The molecule has 8 nitrogen and oxygen atoms in total. The number of guanidine groups is 1. The molecule has 0 spiro atoms. The molecule has 13 heteroatoms. The lowest BCUT2D eigenvalue weighted by Crippen LogP contribution is -2.52. The van der Waals surface area contributed by atoms with Gasteiger partial charge in [-0.1, -0.05) is 0 Å². The molecule has 0 aromatic carbocycles. The molecule has 0 unspecified atom stereocenters. The van der Waals surface area contributed by atoms with Crippen molar-refractivity contribution in [1.29, 1.82) is 0 Å². The van der Waals surface area contributed by atoms with Crippen LogP contribution in [-0.2, 0) is 14.8 Å². The molecular formula is C16H31F3IN5O3S. The minimum Gasteiger partial charge on any atom is -0.357 e. The number of sulfonamides is 1. The number of hydrogen-bond donors (Lipinski definition) is 3. The molecule has 29 heavy (non-hydrogen) atoms. The molecule has 1 saturated heterocycles. The minimum absolute atomic E-state index is 0.